The van der Waals surface area contributed by atoms with Gasteiger partial charge in [-0.3, -0.25) is 4.79 Å². The predicted octanol–water partition coefficient (Wildman–Crippen LogP) is 1.90. The lowest BCUT2D eigenvalue weighted by Crippen LogP contribution is -2.53. The topological polar surface area (TPSA) is 65.1 Å². The summed E-state index contributed by atoms with van der Waals surface area (Å²) < 4.78 is 15.5. The van der Waals surface area contributed by atoms with Gasteiger partial charge in [-0.1, -0.05) is 11.6 Å². The summed E-state index contributed by atoms with van der Waals surface area (Å²) >= 11 is 5.80. The Labute approximate surface area is 140 Å². The van der Waals surface area contributed by atoms with Crippen molar-refractivity contribution in [3.05, 3.63) is 29.3 Å². The van der Waals surface area contributed by atoms with Crippen LogP contribution in [-0.2, 0) is 19.1 Å². The number of nitrogens with zero attached hydrogens (tertiary/aromatic N) is 1. The van der Waals surface area contributed by atoms with Crippen molar-refractivity contribution < 1.29 is 23.8 Å². The lowest BCUT2D eigenvalue weighted by molar-refractivity contribution is -0.158. The highest BCUT2D eigenvalue weighted by Gasteiger charge is 2.37. The summed E-state index contributed by atoms with van der Waals surface area (Å²) in [6.45, 7) is 0.286. The van der Waals surface area contributed by atoms with Crippen LogP contribution in [0.25, 0.3) is 0 Å². The first-order valence-electron chi connectivity index (χ1n) is 7.33. The normalized spacial score (nSPS) is 20.9. The highest BCUT2D eigenvalue weighted by Crippen LogP contribution is 2.21. The van der Waals surface area contributed by atoms with Crippen molar-refractivity contribution in [3.63, 3.8) is 0 Å². The van der Waals surface area contributed by atoms with Crippen LogP contribution in [0.2, 0.25) is 5.02 Å². The number of halogens is 1. The molecule has 0 aromatic heterocycles. The Kier molecular flexibility index (Phi) is 6.24. The molecule has 0 saturated carbocycles. The monoisotopic (exact) mass is 341 g/mol. The van der Waals surface area contributed by atoms with E-state index in [9.17, 15) is 9.59 Å². The zero-order valence-electron chi connectivity index (χ0n) is 13.2. The van der Waals surface area contributed by atoms with E-state index in [1.807, 2.05) is 0 Å². The van der Waals surface area contributed by atoms with Gasteiger partial charge in [0.05, 0.1) is 13.2 Å². The third kappa shape index (κ3) is 4.59. The van der Waals surface area contributed by atoms with Gasteiger partial charge < -0.3 is 19.1 Å². The molecule has 0 N–H and O–H groups in total. The fourth-order valence-electron chi connectivity index (χ4n) is 2.56. The molecule has 0 spiro atoms. The molecular formula is C16H20ClNO5. The molecule has 1 amide bonds. The van der Waals surface area contributed by atoms with E-state index in [1.165, 1.54) is 12.0 Å². The molecule has 1 fully saturated rings. The molecule has 0 bridgehead atoms. The highest BCUT2D eigenvalue weighted by molar-refractivity contribution is 6.30. The number of carbonyl (C=O) groups is 2. The van der Waals surface area contributed by atoms with Crippen LogP contribution in [0.4, 0.5) is 0 Å². The smallest absolute Gasteiger partial charge is 0.328 e. The molecule has 1 saturated heterocycles. The third-order valence-electron chi connectivity index (χ3n) is 3.86. The van der Waals surface area contributed by atoms with Crippen LogP contribution in [0.3, 0.4) is 0 Å². The van der Waals surface area contributed by atoms with Gasteiger partial charge in [0.15, 0.2) is 6.61 Å². The average Bonchev–Trinajstić information content (AvgIpc) is 2.59. The standard InChI is InChI=1S/C16H20ClNO5/c1-21-13-7-8-18(14(9-13)16(20)22-2)15(19)10-23-12-5-3-11(17)4-6-12/h3-6,13-14H,7-10H2,1-2H3/t13-,14+/m0/s1. The zero-order valence-corrected chi connectivity index (χ0v) is 13.9. The van der Waals surface area contributed by atoms with E-state index in [4.69, 9.17) is 25.8 Å². The molecule has 1 aromatic rings. The van der Waals surface area contributed by atoms with Gasteiger partial charge in [0.2, 0.25) is 0 Å². The summed E-state index contributed by atoms with van der Waals surface area (Å²) in [5.41, 5.74) is 0. The number of esters is 1. The summed E-state index contributed by atoms with van der Waals surface area (Å²) in [5, 5.41) is 0.594. The Bertz CT molecular complexity index is 548. The number of piperidine rings is 1. The van der Waals surface area contributed by atoms with E-state index in [-0.39, 0.29) is 18.6 Å². The zero-order chi connectivity index (χ0) is 16.8. The van der Waals surface area contributed by atoms with E-state index < -0.39 is 12.0 Å². The Hall–Kier alpha value is -1.79. The SMILES string of the molecule is COC(=O)[C@H]1C[C@@H](OC)CCN1C(=O)COc1ccc(Cl)cc1. The molecule has 6 nitrogen and oxygen atoms in total. The predicted molar refractivity (Wildman–Crippen MR) is 84.5 cm³/mol. The van der Waals surface area contributed by atoms with Crippen LogP contribution in [0.5, 0.6) is 5.75 Å². The molecule has 126 valence electrons. The van der Waals surface area contributed by atoms with E-state index in [2.05, 4.69) is 0 Å². The first kappa shape index (κ1) is 17.6. The fraction of sp³-hybridized carbons (Fsp3) is 0.500. The number of rotatable bonds is 5. The molecular weight excluding hydrogens is 322 g/mol. The summed E-state index contributed by atoms with van der Waals surface area (Å²) in [7, 11) is 2.91. The van der Waals surface area contributed by atoms with Gasteiger partial charge in [0.1, 0.15) is 11.8 Å². The second-order valence-corrected chi connectivity index (χ2v) is 5.69. The number of ether oxygens (including phenoxy) is 3. The summed E-state index contributed by atoms with van der Waals surface area (Å²) in [6, 6.07) is 6.10. The number of amides is 1. The Morgan fingerprint density at radius 1 is 1.26 bits per heavy atom. The minimum atomic E-state index is -0.639. The van der Waals surface area contributed by atoms with Crippen molar-refractivity contribution in [1.82, 2.24) is 4.90 Å². The second kappa shape index (κ2) is 8.17. The van der Waals surface area contributed by atoms with Crippen LogP contribution < -0.4 is 4.74 Å². The number of hydrogen-bond acceptors (Lipinski definition) is 5. The van der Waals surface area contributed by atoms with E-state index in [1.54, 1.807) is 31.4 Å². The number of carbonyl (C=O) groups excluding carboxylic acids is 2. The molecule has 1 aliphatic rings. The van der Waals surface area contributed by atoms with Crippen molar-refractivity contribution in [1.29, 1.82) is 0 Å². The maximum atomic E-state index is 12.4. The van der Waals surface area contributed by atoms with Gasteiger partial charge in [0, 0.05) is 25.1 Å². The van der Waals surface area contributed by atoms with Crippen LogP contribution in [0.1, 0.15) is 12.8 Å². The van der Waals surface area contributed by atoms with Crippen molar-refractivity contribution in [3.8, 4) is 5.75 Å². The number of benzene rings is 1. The van der Waals surface area contributed by atoms with Gasteiger partial charge in [-0.2, -0.15) is 0 Å². The Morgan fingerprint density at radius 2 is 1.96 bits per heavy atom. The molecule has 7 heteroatoms. The molecule has 23 heavy (non-hydrogen) atoms. The molecule has 2 atom stereocenters. The Balaban J connectivity index is 1.98. The van der Waals surface area contributed by atoms with Crippen molar-refractivity contribution in [2.75, 3.05) is 27.4 Å². The lowest BCUT2D eigenvalue weighted by atomic mass is 9.99. The van der Waals surface area contributed by atoms with Crippen molar-refractivity contribution in [2.45, 2.75) is 25.0 Å². The first-order chi connectivity index (χ1) is 11.0. The molecule has 0 unspecified atom stereocenters. The van der Waals surface area contributed by atoms with Crippen LogP contribution in [0, 0.1) is 0 Å². The minimum Gasteiger partial charge on any atom is -0.484 e. The molecule has 1 heterocycles. The lowest BCUT2D eigenvalue weighted by Gasteiger charge is -2.37. The van der Waals surface area contributed by atoms with E-state index >= 15 is 0 Å². The molecule has 2 rings (SSSR count). The van der Waals surface area contributed by atoms with Crippen LogP contribution in [-0.4, -0.2) is 56.3 Å². The maximum absolute atomic E-state index is 12.4. The summed E-state index contributed by atoms with van der Waals surface area (Å²) in [6.07, 6.45) is 1.05. The fourth-order valence-corrected chi connectivity index (χ4v) is 2.69. The largest absolute Gasteiger partial charge is 0.484 e. The van der Waals surface area contributed by atoms with Crippen molar-refractivity contribution in [2.24, 2.45) is 0 Å². The molecule has 0 aliphatic carbocycles. The van der Waals surface area contributed by atoms with Gasteiger partial charge in [0.25, 0.3) is 5.91 Å². The van der Waals surface area contributed by atoms with Gasteiger partial charge in [-0.05, 0) is 30.7 Å². The van der Waals surface area contributed by atoms with Gasteiger partial charge in [-0.15, -0.1) is 0 Å². The van der Waals surface area contributed by atoms with E-state index in [0.717, 1.165) is 0 Å². The Morgan fingerprint density at radius 3 is 2.57 bits per heavy atom. The second-order valence-electron chi connectivity index (χ2n) is 5.25. The quantitative estimate of drug-likeness (QED) is 0.765. The minimum absolute atomic E-state index is 0.0552. The molecule has 1 aromatic carbocycles. The van der Waals surface area contributed by atoms with Crippen molar-refractivity contribution >= 4 is 23.5 Å². The van der Waals surface area contributed by atoms with Gasteiger partial charge in [-0.25, -0.2) is 4.79 Å². The maximum Gasteiger partial charge on any atom is 0.328 e. The summed E-state index contributed by atoms with van der Waals surface area (Å²) in [4.78, 5) is 25.8. The molecule has 1 aliphatic heterocycles. The number of likely N-dealkylation sites (tertiary alicyclic amines) is 1. The number of methoxy groups -OCH3 is 2. The van der Waals surface area contributed by atoms with Crippen LogP contribution >= 0.6 is 11.6 Å². The average molecular weight is 342 g/mol. The molecule has 0 radical (unpaired) electrons. The van der Waals surface area contributed by atoms with Gasteiger partial charge >= 0.3 is 5.97 Å². The first-order valence-corrected chi connectivity index (χ1v) is 7.71. The van der Waals surface area contributed by atoms with E-state index in [0.29, 0.717) is 30.2 Å². The number of hydrogen-bond donors (Lipinski definition) is 0. The third-order valence-corrected chi connectivity index (χ3v) is 4.11. The highest BCUT2D eigenvalue weighted by atomic mass is 35.5. The van der Waals surface area contributed by atoms with Crippen LogP contribution in [0.15, 0.2) is 24.3 Å². The summed E-state index contributed by atoms with van der Waals surface area (Å²) in [5.74, 6) is -0.152.